The molecule has 1 aliphatic rings. The minimum atomic E-state index is -3.91. The third kappa shape index (κ3) is 5.81. The van der Waals surface area contributed by atoms with Crippen LogP contribution in [0.1, 0.15) is 50.3 Å². The lowest BCUT2D eigenvalue weighted by molar-refractivity contribution is -0.134. The van der Waals surface area contributed by atoms with Gasteiger partial charge in [-0.2, -0.15) is 4.31 Å². The molecule has 178 valence electrons. The SMILES string of the molecule is CCc1ccc(CNC(=O)C2CN(C(C)=O)CCN2S(=O)(=O)c2ccc(C(C)C)cc2)cc1. The Morgan fingerprint density at radius 2 is 1.61 bits per heavy atom. The van der Waals surface area contributed by atoms with Crippen molar-refractivity contribution in [2.45, 2.75) is 57.5 Å². The van der Waals surface area contributed by atoms with E-state index in [0.717, 1.165) is 17.5 Å². The van der Waals surface area contributed by atoms with Crippen LogP contribution >= 0.6 is 0 Å². The summed E-state index contributed by atoms with van der Waals surface area (Å²) in [6, 6.07) is 13.7. The highest BCUT2D eigenvalue weighted by Gasteiger charge is 2.40. The van der Waals surface area contributed by atoms with Gasteiger partial charge in [0.15, 0.2) is 0 Å². The molecule has 0 spiro atoms. The molecule has 7 nitrogen and oxygen atoms in total. The molecule has 2 amide bonds. The lowest BCUT2D eigenvalue weighted by Gasteiger charge is -2.39. The van der Waals surface area contributed by atoms with Gasteiger partial charge >= 0.3 is 0 Å². The number of rotatable bonds is 7. The van der Waals surface area contributed by atoms with E-state index in [0.29, 0.717) is 0 Å². The van der Waals surface area contributed by atoms with Crippen molar-refractivity contribution in [2.24, 2.45) is 0 Å². The highest BCUT2D eigenvalue weighted by molar-refractivity contribution is 7.89. The first-order valence-electron chi connectivity index (χ1n) is 11.4. The summed E-state index contributed by atoms with van der Waals surface area (Å²) in [5.74, 6) is -0.310. The van der Waals surface area contributed by atoms with E-state index in [9.17, 15) is 18.0 Å². The van der Waals surface area contributed by atoms with E-state index in [2.05, 4.69) is 12.2 Å². The molecular formula is C25H33N3O4S. The van der Waals surface area contributed by atoms with Gasteiger partial charge in [0.05, 0.1) is 4.90 Å². The van der Waals surface area contributed by atoms with E-state index in [4.69, 9.17) is 0 Å². The Hall–Kier alpha value is -2.71. The van der Waals surface area contributed by atoms with Gasteiger partial charge in [-0.3, -0.25) is 9.59 Å². The summed E-state index contributed by atoms with van der Waals surface area (Å²) in [5, 5.41) is 2.86. The minimum Gasteiger partial charge on any atom is -0.351 e. The molecular weight excluding hydrogens is 438 g/mol. The molecule has 2 aromatic rings. The molecule has 1 unspecified atom stereocenters. The zero-order chi connectivity index (χ0) is 24.2. The van der Waals surface area contributed by atoms with Gasteiger partial charge < -0.3 is 10.2 Å². The van der Waals surface area contributed by atoms with Gasteiger partial charge in [0.25, 0.3) is 0 Å². The molecule has 3 rings (SSSR count). The van der Waals surface area contributed by atoms with Crippen molar-refractivity contribution in [3.05, 3.63) is 65.2 Å². The van der Waals surface area contributed by atoms with Crippen LogP contribution in [0.25, 0.3) is 0 Å². The fourth-order valence-electron chi connectivity index (χ4n) is 3.91. The van der Waals surface area contributed by atoms with Gasteiger partial charge in [0.2, 0.25) is 21.8 Å². The second kappa shape index (κ2) is 10.5. The van der Waals surface area contributed by atoms with Crippen molar-refractivity contribution in [2.75, 3.05) is 19.6 Å². The number of benzene rings is 2. The number of sulfonamides is 1. The number of hydrogen-bond acceptors (Lipinski definition) is 4. The molecule has 0 aliphatic carbocycles. The molecule has 1 fully saturated rings. The third-order valence-corrected chi connectivity index (χ3v) is 8.05. The fourth-order valence-corrected chi connectivity index (χ4v) is 5.48. The molecule has 1 heterocycles. The Balaban J connectivity index is 1.82. The minimum absolute atomic E-state index is 0.0270. The quantitative estimate of drug-likeness (QED) is 0.673. The summed E-state index contributed by atoms with van der Waals surface area (Å²) >= 11 is 0. The van der Waals surface area contributed by atoms with E-state index in [1.165, 1.54) is 21.7 Å². The van der Waals surface area contributed by atoms with Gasteiger partial charge in [-0.05, 0) is 41.2 Å². The highest BCUT2D eigenvalue weighted by Crippen LogP contribution is 2.24. The number of piperazine rings is 1. The average molecular weight is 472 g/mol. The number of nitrogens with zero attached hydrogens (tertiary/aromatic N) is 2. The first-order chi connectivity index (χ1) is 15.6. The first-order valence-corrected chi connectivity index (χ1v) is 12.8. The predicted molar refractivity (Wildman–Crippen MR) is 128 cm³/mol. The van der Waals surface area contributed by atoms with Crippen LogP contribution in [-0.4, -0.2) is 55.1 Å². The summed E-state index contributed by atoms with van der Waals surface area (Å²) in [5.41, 5.74) is 3.17. The van der Waals surface area contributed by atoms with E-state index < -0.39 is 22.0 Å². The molecule has 0 saturated carbocycles. The zero-order valence-corrected chi connectivity index (χ0v) is 20.6. The van der Waals surface area contributed by atoms with Crippen LogP contribution in [-0.2, 0) is 32.6 Å². The fraction of sp³-hybridized carbons (Fsp3) is 0.440. The molecule has 1 atom stereocenters. The smallest absolute Gasteiger partial charge is 0.243 e. The van der Waals surface area contributed by atoms with Crippen molar-refractivity contribution in [3.63, 3.8) is 0 Å². The summed E-state index contributed by atoms with van der Waals surface area (Å²) in [4.78, 5) is 26.8. The van der Waals surface area contributed by atoms with E-state index in [-0.39, 0.29) is 42.9 Å². The summed E-state index contributed by atoms with van der Waals surface area (Å²) in [6.45, 7) is 8.22. The Kier molecular flexibility index (Phi) is 7.92. The van der Waals surface area contributed by atoms with Crippen LogP contribution in [0.3, 0.4) is 0 Å². The summed E-state index contributed by atoms with van der Waals surface area (Å²) < 4.78 is 28.1. The van der Waals surface area contributed by atoms with Gasteiger partial charge in [-0.25, -0.2) is 8.42 Å². The van der Waals surface area contributed by atoms with Crippen LogP contribution in [0.4, 0.5) is 0 Å². The van der Waals surface area contributed by atoms with E-state index >= 15 is 0 Å². The van der Waals surface area contributed by atoms with Crippen molar-refractivity contribution in [1.82, 2.24) is 14.5 Å². The van der Waals surface area contributed by atoms with Crippen LogP contribution < -0.4 is 5.32 Å². The van der Waals surface area contributed by atoms with Gasteiger partial charge in [-0.15, -0.1) is 0 Å². The lowest BCUT2D eigenvalue weighted by Crippen LogP contribution is -2.61. The predicted octanol–water partition coefficient (Wildman–Crippen LogP) is 2.91. The maximum Gasteiger partial charge on any atom is 0.243 e. The Morgan fingerprint density at radius 1 is 1.00 bits per heavy atom. The second-order valence-corrected chi connectivity index (χ2v) is 10.6. The number of aryl methyl sites for hydroxylation is 1. The van der Waals surface area contributed by atoms with Gasteiger partial charge in [-0.1, -0.05) is 57.2 Å². The molecule has 1 aliphatic heterocycles. The molecule has 1 N–H and O–H groups in total. The van der Waals surface area contributed by atoms with E-state index in [1.807, 2.05) is 38.1 Å². The van der Waals surface area contributed by atoms with E-state index in [1.54, 1.807) is 24.3 Å². The summed E-state index contributed by atoms with van der Waals surface area (Å²) in [6.07, 6.45) is 0.931. The van der Waals surface area contributed by atoms with Crippen LogP contribution in [0.15, 0.2) is 53.4 Å². The molecule has 8 heteroatoms. The van der Waals surface area contributed by atoms with Crippen molar-refractivity contribution < 1.29 is 18.0 Å². The van der Waals surface area contributed by atoms with Crippen molar-refractivity contribution in [1.29, 1.82) is 0 Å². The summed E-state index contributed by atoms with van der Waals surface area (Å²) in [7, 11) is -3.91. The zero-order valence-electron chi connectivity index (χ0n) is 19.7. The Labute approximate surface area is 196 Å². The van der Waals surface area contributed by atoms with Crippen LogP contribution in [0.2, 0.25) is 0 Å². The molecule has 2 aromatic carbocycles. The second-order valence-electron chi connectivity index (χ2n) is 8.71. The van der Waals surface area contributed by atoms with Crippen LogP contribution in [0, 0.1) is 0 Å². The number of carbonyl (C=O) groups excluding carboxylic acids is 2. The standard InChI is InChI=1S/C25H33N3O4S/c1-5-20-6-8-21(9-7-20)16-26-25(30)24-17-27(19(4)29)14-15-28(24)33(31,32)23-12-10-22(11-13-23)18(2)3/h6-13,18,24H,5,14-17H2,1-4H3,(H,26,30). The maximum absolute atomic E-state index is 13.4. The number of amides is 2. The normalized spacial score (nSPS) is 17.2. The number of hydrogen-bond donors (Lipinski definition) is 1. The third-order valence-electron chi connectivity index (χ3n) is 6.13. The van der Waals surface area contributed by atoms with Crippen LogP contribution in [0.5, 0.6) is 0 Å². The van der Waals surface area contributed by atoms with Gasteiger partial charge in [0, 0.05) is 33.1 Å². The molecule has 1 saturated heterocycles. The monoisotopic (exact) mass is 471 g/mol. The highest BCUT2D eigenvalue weighted by atomic mass is 32.2. The molecule has 0 radical (unpaired) electrons. The number of nitrogens with one attached hydrogen (secondary N) is 1. The molecule has 0 aromatic heterocycles. The largest absolute Gasteiger partial charge is 0.351 e. The van der Waals surface area contributed by atoms with Crippen molar-refractivity contribution >= 4 is 21.8 Å². The number of carbonyl (C=O) groups is 2. The maximum atomic E-state index is 13.4. The van der Waals surface area contributed by atoms with Crippen molar-refractivity contribution in [3.8, 4) is 0 Å². The molecule has 33 heavy (non-hydrogen) atoms. The van der Waals surface area contributed by atoms with Gasteiger partial charge in [0.1, 0.15) is 6.04 Å². The average Bonchev–Trinajstić information content (AvgIpc) is 2.82. The molecule has 0 bridgehead atoms. The lowest BCUT2D eigenvalue weighted by atomic mass is 10.0. The first kappa shape index (κ1) is 24.9. The Morgan fingerprint density at radius 3 is 2.15 bits per heavy atom. The Bertz CT molecular complexity index is 1080. The topological polar surface area (TPSA) is 86.8 Å².